The Kier molecular flexibility index (Phi) is 9.93. The normalized spacial score (nSPS) is 22.0. The molecule has 3 aromatic carbocycles. The van der Waals surface area contributed by atoms with Crippen LogP contribution in [0.1, 0.15) is 38.0 Å². The standard InChI is InChI=1S/C30H28O9S/c1-3-40-30-25(38-28(33)21-17-11-6-12-18-21)23(37-27(32)20-15-9-5-10-16-20)22(24(39-30)29(34)35-2)36-26(31)19-13-7-4-8-14-19/h4-18,22-25,30H,3H2,1-2H3. The predicted molar refractivity (Wildman–Crippen MR) is 146 cm³/mol. The van der Waals surface area contributed by atoms with Crippen molar-refractivity contribution in [3.05, 3.63) is 108 Å². The summed E-state index contributed by atoms with van der Waals surface area (Å²) in [6.45, 7) is 1.85. The molecule has 1 aliphatic heterocycles. The van der Waals surface area contributed by atoms with Gasteiger partial charge in [0.05, 0.1) is 23.8 Å². The molecule has 0 saturated carbocycles. The number of rotatable bonds is 9. The SMILES string of the molecule is CCSC1OC(C(=O)OC)C(OC(=O)c2ccccc2)C(OC(=O)c2ccccc2)C1OC(=O)c1ccccc1. The first-order chi connectivity index (χ1) is 19.4. The van der Waals surface area contributed by atoms with Crippen LogP contribution in [0.25, 0.3) is 0 Å². The number of hydrogen-bond donors (Lipinski definition) is 0. The zero-order valence-electron chi connectivity index (χ0n) is 21.8. The summed E-state index contributed by atoms with van der Waals surface area (Å²) in [7, 11) is 1.16. The molecule has 0 aromatic heterocycles. The summed E-state index contributed by atoms with van der Waals surface area (Å²) in [5.41, 5.74) is -0.294. The average molecular weight is 565 g/mol. The average Bonchev–Trinajstić information content (AvgIpc) is 3.00. The number of esters is 4. The van der Waals surface area contributed by atoms with Crippen LogP contribution < -0.4 is 0 Å². The van der Waals surface area contributed by atoms with Crippen LogP contribution in [0.3, 0.4) is 0 Å². The van der Waals surface area contributed by atoms with Crippen LogP contribution >= 0.6 is 11.8 Å². The van der Waals surface area contributed by atoms with E-state index in [1.54, 1.807) is 78.9 Å². The van der Waals surface area contributed by atoms with E-state index in [-0.39, 0.29) is 16.7 Å². The third-order valence-corrected chi connectivity index (χ3v) is 7.06. The van der Waals surface area contributed by atoms with Crippen molar-refractivity contribution in [3.8, 4) is 0 Å². The second kappa shape index (κ2) is 13.8. The molecule has 5 unspecified atom stereocenters. The third-order valence-electron chi connectivity index (χ3n) is 6.02. The second-order valence-electron chi connectivity index (χ2n) is 8.61. The number of carbonyl (C=O) groups excluding carboxylic acids is 4. The first kappa shape index (κ1) is 28.8. The fourth-order valence-electron chi connectivity index (χ4n) is 4.10. The number of thioether (sulfide) groups is 1. The molecule has 1 heterocycles. The number of methoxy groups -OCH3 is 1. The zero-order valence-corrected chi connectivity index (χ0v) is 22.7. The van der Waals surface area contributed by atoms with Gasteiger partial charge in [0.2, 0.25) is 0 Å². The highest BCUT2D eigenvalue weighted by molar-refractivity contribution is 7.99. The number of hydrogen-bond acceptors (Lipinski definition) is 10. The second-order valence-corrected chi connectivity index (χ2v) is 9.99. The van der Waals surface area contributed by atoms with Gasteiger partial charge in [0.25, 0.3) is 0 Å². The monoisotopic (exact) mass is 564 g/mol. The highest BCUT2D eigenvalue weighted by atomic mass is 32.2. The largest absolute Gasteiger partial charge is 0.467 e. The van der Waals surface area contributed by atoms with Gasteiger partial charge in [-0.1, -0.05) is 61.5 Å². The summed E-state index contributed by atoms with van der Waals surface area (Å²) in [6.07, 6.45) is -5.65. The molecule has 0 bridgehead atoms. The fourth-order valence-corrected chi connectivity index (χ4v) is 5.03. The molecule has 0 N–H and O–H groups in total. The summed E-state index contributed by atoms with van der Waals surface area (Å²) >= 11 is 1.23. The summed E-state index contributed by atoms with van der Waals surface area (Å²) < 4.78 is 28.5. The van der Waals surface area contributed by atoms with Gasteiger partial charge in [0.1, 0.15) is 5.44 Å². The van der Waals surface area contributed by atoms with Gasteiger partial charge in [-0.2, -0.15) is 0 Å². The summed E-state index contributed by atoms with van der Waals surface area (Å²) in [5.74, 6) is -2.61. The molecule has 0 aliphatic carbocycles. The van der Waals surface area contributed by atoms with Crippen LogP contribution in [0.15, 0.2) is 91.0 Å². The van der Waals surface area contributed by atoms with Crippen molar-refractivity contribution in [3.63, 3.8) is 0 Å². The lowest BCUT2D eigenvalue weighted by Crippen LogP contribution is -2.62. The van der Waals surface area contributed by atoms with Crippen molar-refractivity contribution in [2.45, 2.75) is 36.8 Å². The topological polar surface area (TPSA) is 114 Å². The van der Waals surface area contributed by atoms with Crippen molar-refractivity contribution in [2.75, 3.05) is 12.9 Å². The van der Waals surface area contributed by atoms with E-state index in [2.05, 4.69) is 0 Å². The van der Waals surface area contributed by atoms with Gasteiger partial charge in [-0.05, 0) is 42.2 Å². The van der Waals surface area contributed by atoms with Crippen LogP contribution in [-0.4, -0.2) is 66.6 Å². The number of carbonyl (C=O) groups is 4. The van der Waals surface area contributed by atoms with E-state index in [9.17, 15) is 19.2 Å². The number of ether oxygens (including phenoxy) is 5. The molecular weight excluding hydrogens is 536 g/mol. The Bertz CT molecular complexity index is 1300. The maximum absolute atomic E-state index is 13.3. The van der Waals surface area contributed by atoms with Gasteiger partial charge in [-0.3, -0.25) is 0 Å². The first-order valence-electron chi connectivity index (χ1n) is 12.6. The molecule has 1 aliphatic rings. The molecule has 0 radical (unpaired) electrons. The van der Waals surface area contributed by atoms with Crippen LogP contribution in [0.5, 0.6) is 0 Å². The lowest BCUT2D eigenvalue weighted by molar-refractivity contribution is -0.211. The molecule has 10 heteroatoms. The van der Waals surface area contributed by atoms with E-state index in [0.717, 1.165) is 7.11 Å². The maximum atomic E-state index is 13.3. The van der Waals surface area contributed by atoms with E-state index < -0.39 is 53.7 Å². The Hall–Kier alpha value is -4.15. The van der Waals surface area contributed by atoms with E-state index in [1.807, 2.05) is 6.92 Å². The maximum Gasteiger partial charge on any atom is 0.339 e. The van der Waals surface area contributed by atoms with Gasteiger partial charge in [-0.15, -0.1) is 11.8 Å². The van der Waals surface area contributed by atoms with Crippen LogP contribution in [-0.2, 0) is 28.5 Å². The minimum Gasteiger partial charge on any atom is -0.467 e. The number of benzene rings is 3. The van der Waals surface area contributed by atoms with Gasteiger partial charge in [0.15, 0.2) is 24.4 Å². The molecule has 1 saturated heterocycles. The summed E-state index contributed by atoms with van der Waals surface area (Å²) in [5, 5.41) is 0. The Morgan fingerprint density at radius 1 is 0.650 bits per heavy atom. The minimum atomic E-state index is -1.50. The van der Waals surface area contributed by atoms with Crippen molar-refractivity contribution in [2.24, 2.45) is 0 Å². The van der Waals surface area contributed by atoms with Crippen LogP contribution in [0.4, 0.5) is 0 Å². The van der Waals surface area contributed by atoms with E-state index >= 15 is 0 Å². The summed E-state index contributed by atoms with van der Waals surface area (Å²) in [4.78, 5) is 52.5. The Labute approximate surface area is 235 Å². The first-order valence-corrected chi connectivity index (χ1v) is 13.6. The molecule has 1 fully saturated rings. The highest BCUT2D eigenvalue weighted by Gasteiger charge is 2.55. The van der Waals surface area contributed by atoms with Gasteiger partial charge in [0, 0.05) is 0 Å². The Morgan fingerprint density at radius 2 is 1.05 bits per heavy atom. The molecule has 9 nitrogen and oxygen atoms in total. The van der Waals surface area contributed by atoms with Crippen molar-refractivity contribution >= 4 is 35.6 Å². The molecular formula is C30H28O9S. The van der Waals surface area contributed by atoms with Crippen LogP contribution in [0, 0.1) is 0 Å². The molecule has 208 valence electrons. The smallest absolute Gasteiger partial charge is 0.339 e. The molecule has 0 spiro atoms. The van der Waals surface area contributed by atoms with Crippen molar-refractivity contribution < 1.29 is 42.9 Å². The lowest BCUT2D eigenvalue weighted by Gasteiger charge is -2.43. The quantitative estimate of drug-likeness (QED) is 0.275. The molecule has 5 atom stereocenters. The van der Waals surface area contributed by atoms with Gasteiger partial charge >= 0.3 is 23.9 Å². The Balaban J connectivity index is 1.76. The summed E-state index contributed by atoms with van der Waals surface area (Å²) in [6, 6.07) is 24.5. The molecule has 3 aromatic rings. The van der Waals surface area contributed by atoms with Crippen molar-refractivity contribution in [1.82, 2.24) is 0 Å². The molecule has 4 rings (SSSR count). The minimum absolute atomic E-state index is 0.196. The molecule has 40 heavy (non-hydrogen) atoms. The molecule has 0 amide bonds. The lowest BCUT2D eigenvalue weighted by atomic mass is 9.98. The third kappa shape index (κ3) is 6.88. The van der Waals surface area contributed by atoms with E-state index in [1.165, 1.54) is 23.9 Å². The fraction of sp³-hybridized carbons (Fsp3) is 0.267. The van der Waals surface area contributed by atoms with E-state index in [4.69, 9.17) is 23.7 Å². The Morgan fingerprint density at radius 3 is 1.45 bits per heavy atom. The zero-order chi connectivity index (χ0) is 28.5. The predicted octanol–water partition coefficient (Wildman–Crippen LogP) is 4.31. The van der Waals surface area contributed by atoms with Gasteiger partial charge < -0.3 is 23.7 Å². The van der Waals surface area contributed by atoms with E-state index in [0.29, 0.717) is 5.75 Å². The van der Waals surface area contributed by atoms with Crippen LogP contribution in [0.2, 0.25) is 0 Å². The van der Waals surface area contributed by atoms with Gasteiger partial charge in [-0.25, -0.2) is 19.2 Å². The van der Waals surface area contributed by atoms with Crippen molar-refractivity contribution in [1.29, 1.82) is 0 Å². The highest BCUT2D eigenvalue weighted by Crippen LogP contribution is 2.35.